The quantitative estimate of drug-likeness (QED) is 0.194. The van der Waals surface area contributed by atoms with Crippen molar-refractivity contribution in [3.63, 3.8) is 0 Å². The third-order valence-electron chi connectivity index (χ3n) is 5.87. The average molecular weight is 568 g/mol. The van der Waals surface area contributed by atoms with Crippen LogP contribution in [0.3, 0.4) is 0 Å². The Morgan fingerprint density at radius 3 is 2.39 bits per heavy atom. The first-order valence-electron chi connectivity index (χ1n) is 12.3. The number of esters is 2. The standard InChI is InChI=1S/C27H28ClF2NO6S/c1-3-5-13-37-27(35)19-12-7-6-11-18(19)26(34)31(25(33)16-9-8-10-17(29)14-16)23-22(28)20(38-24(23)30)15-21(32)36-4-2/h8-10,14H,3-7,11-13,15H2,1-2H3. The molecule has 0 bridgehead atoms. The first kappa shape index (κ1) is 29.4. The zero-order chi connectivity index (χ0) is 27.8. The van der Waals surface area contributed by atoms with Gasteiger partial charge in [0.1, 0.15) is 11.5 Å². The molecule has 0 spiro atoms. The monoisotopic (exact) mass is 567 g/mol. The fourth-order valence-electron chi connectivity index (χ4n) is 4.01. The minimum absolute atomic E-state index is 0.0103. The van der Waals surface area contributed by atoms with Gasteiger partial charge >= 0.3 is 11.9 Å². The van der Waals surface area contributed by atoms with Gasteiger partial charge in [0.15, 0.2) is 0 Å². The third-order valence-corrected chi connectivity index (χ3v) is 7.35. The maximum absolute atomic E-state index is 15.4. The van der Waals surface area contributed by atoms with E-state index in [9.17, 15) is 23.6 Å². The van der Waals surface area contributed by atoms with Gasteiger partial charge in [0.05, 0.1) is 24.7 Å². The van der Waals surface area contributed by atoms with Crippen molar-refractivity contribution in [3.05, 3.63) is 61.8 Å². The molecule has 0 saturated carbocycles. The van der Waals surface area contributed by atoms with Crippen molar-refractivity contribution >= 4 is 52.4 Å². The van der Waals surface area contributed by atoms with Gasteiger partial charge in [0.2, 0.25) is 5.13 Å². The van der Waals surface area contributed by atoms with Crippen LogP contribution >= 0.6 is 22.9 Å². The number of rotatable bonds is 10. The second-order valence-electron chi connectivity index (χ2n) is 8.55. The highest BCUT2D eigenvalue weighted by molar-refractivity contribution is 7.11. The largest absolute Gasteiger partial charge is 0.466 e. The summed E-state index contributed by atoms with van der Waals surface area (Å²) in [6.07, 6.45) is 2.67. The SMILES string of the molecule is CCCCOC(=O)C1=C(C(=O)N(C(=O)c2cccc(F)c2)c2c(F)sc(CC(=O)OCC)c2Cl)CCCC1. The summed E-state index contributed by atoms with van der Waals surface area (Å²) in [5.41, 5.74) is -0.661. The number of ether oxygens (including phenoxy) is 2. The Balaban J connectivity index is 2.12. The molecular weight excluding hydrogens is 540 g/mol. The topological polar surface area (TPSA) is 90.0 Å². The molecule has 11 heteroatoms. The van der Waals surface area contributed by atoms with Crippen molar-refractivity contribution in [2.24, 2.45) is 0 Å². The van der Waals surface area contributed by atoms with Crippen LogP contribution in [-0.4, -0.2) is 37.0 Å². The third kappa shape index (κ3) is 6.85. The van der Waals surface area contributed by atoms with Crippen LogP contribution in [0.1, 0.15) is 67.6 Å². The molecule has 0 unspecified atom stereocenters. The second-order valence-corrected chi connectivity index (χ2v) is 9.99. The zero-order valence-corrected chi connectivity index (χ0v) is 22.7. The van der Waals surface area contributed by atoms with Crippen LogP contribution in [0.5, 0.6) is 0 Å². The minimum Gasteiger partial charge on any atom is -0.466 e. The fourth-order valence-corrected chi connectivity index (χ4v) is 5.30. The first-order chi connectivity index (χ1) is 18.2. The van der Waals surface area contributed by atoms with Crippen LogP contribution < -0.4 is 4.90 Å². The highest BCUT2D eigenvalue weighted by Gasteiger charge is 2.37. The predicted octanol–water partition coefficient (Wildman–Crippen LogP) is 6.17. The molecule has 0 aliphatic heterocycles. The molecule has 0 radical (unpaired) electrons. The summed E-state index contributed by atoms with van der Waals surface area (Å²) in [5, 5.41) is -1.31. The number of benzene rings is 1. The number of carbonyl (C=O) groups is 4. The van der Waals surface area contributed by atoms with E-state index < -0.39 is 40.4 Å². The second kappa shape index (κ2) is 13.6. The summed E-state index contributed by atoms with van der Waals surface area (Å²) in [6.45, 7) is 3.83. The Bertz CT molecular complexity index is 1260. The van der Waals surface area contributed by atoms with E-state index in [4.69, 9.17) is 21.1 Å². The number of amides is 2. The van der Waals surface area contributed by atoms with Gasteiger partial charge in [-0.15, -0.1) is 11.3 Å². The molecule has 0 fully saturated rings. The lowest BCUT2D eigenvalue weighted by Gasteiger charge is -2.25. The molecular formula is C27H28ClF2NO6S. The van der Waals surface area contributed by atoms with E-state index in [1.54, 1.807) is 6.92 Å². The number of anilines is 1. The highest BCUT2D eigenvalue weighted by atomic mass is 35.5. The molecule has 1 aromatic carbocycles. The van der Waals surface area contributed by atoms with Crippen LogP contribution in [0.4, 0.5) is 14.5 Å². The number of hydrogen-bond donors (Lipinski definition) is 0. The van der Waals surface area contributed by atoms with Gasteiger partial charge in [0.25, 0.3) is 11.8 Å². The van der Waals surface area contributed by atoms with E-state index in [2.05, 4.69) is 0 Å². The number of hydrogen-bond acceptors (Lipinski definition) is 7. The summed E-state index contributed by atoms with van der Waals surface area (Å²) in [4.78, 5) is 52.9. The number of halogens is 3. The van der Waals surface area contributed by atoms with Crippen molar-refractivity contribution < 1.29 is 37.4 Å². The van der Waals surface area contributed by atoms with Crippen molar-refractivity contribution in [2.45, 2.75) is 58.8 Å². The zero-order valence-electron chi connectivity index (χ0n) is 21.1. The Kier molecular flexibility index (Phi) is 10.6. The molecule has 0 saturated heterocycles. The number of unbranched alkanes of at least 4 members (excludes halogenated alkanes) is 1. The maximum Gasteiger partial charge on any atom is 0.334 e. The molecule has 0 atom stereocenters. The Morgan fingerprint density at radius 1 is 1.03 bits per heavy atom. The Morgan fingerprint density at radius 2 is 1.74 bits per heavy atom. The van der Waals surface area contributed by atoms with Crippen LogP contribution in [0, 0.1) is 10.9 Å². The van der Waals surface area contributed by atoms with Crippen molar-refractivity contribution in [2.75, 3.05) is 18.1 Å². The van der Waals surface area contributed by atoms with Gasteiger partial charge in [-0.1, -0.05) is 31.0 Å². The number of imide groups is 1. The minimum atomic E-state index is -1.03. The molecule has 38 heavy (non-hydrogen) atoms. The highest BCUT2D eigenvalue weighted by Crippen LogP contribution is 2.41. The molecule has 204 valence electrons. The number of thiophene rings is 1. The molecule has 1 aromatic heterocycles. The molecule has 1 aliphatic rings. The molecule has 7 nitrogen and oxygen atoms in total. The summed E-state index contributed by atoms with van der Waals surface area (Å²) in [5.74, 6) is -4.06. The van der Waals surface area contributed by atoms with Crippen LogP contribution in [-0.2, 0) is 30.3 Å². The van der Waals surface area contributed by atoms with Gasteiger partial charge < -0.3 is 9.47 Å². The van der Waals surface area contributed by atoms with Crippen molar-refractivity contribution in [1.29, 1.82) is 0 Å². The van der Waals surface area contributed by atoms with E-state index in [0.717, 1.165) is 18.6 Å². The Hall–Kier alpha value is -3.11. The van der Waals surface area contributed by atoms with Gasteiger partial charge in [-0.2, -0.15) is 4.39 Å². The lowest BCUT2D eigenvalue weighted by molar-refractivity contribution is -0.142. The van der Waals surface area contributed by atoms with Crippen LogP contribution in [0.2, 0.25) is 5.02 Å². The lowest BCUT2D eigenvalue weighted by Crippen LogP contribution is -2.40. The summed E-state index contributed by atoms with van der Waals surface area (Å²) < 4.78 is 39.5. The predicted molar refractivity (Wildman–Crippen MR) is 139 cm³/mol. The van der Waals surface area contributed by atoms with Crippen molar-refractivity contribution in [3.8, 4) is 0 Å². The Labute approximate surface area is 228 Å². The van der Waals surface area contributed by atoms with E-state index in [1.807, 2.05) is 6.92 Å². The molecule has 0 N–H and O–H groups in total. The normalized spacial score (nSPS) is 13.3. The van der Waals surface area contributed by atoms with Crippen LogP contribution in [0.25, 0.3) is 0 Å². The number of carbonyl (C=O) groups excluding carboxylic acids is 4. The molecule has 2 aromatic rings. The van der Waals surface area contributed by atoms with E-state index in [-0.39, 0.29) is 59.1 Å². The molecule has 2 amide bonds. The smallest absolute Gasteiger partial charge is 0.334 e. The fraction of sp³-hybridized carbons (Fsp3) is 0.407. The molecule has 3 rings (SSSR count). The lowest BCUT2D eigenvalue weighted by atomic mass is 9.90. The maximum atomic E-state index is 15.4. The van der Waals surface area contributed by atoms with Gasteiger partial charge in [-0.3, -0.25) is 14.4 Å². The van der Waals surface area contributed by atoms with Gasteiger partial charge in [0, 0.05) is 21.6 Å². The molecule has 1 aliphatic carbocycles. The average Bonchev–Trinajstić information content (AvgIpc) is 3.16. The first-order valence-corrected chi connectivity index (χ1v) is 13.5. The summed E-state index contributed by atoms with van der Waals surface area (Å²) in [6, 6.07) is 4.58. The summed E-state index contributed by atoms with van der Waals surface area (Å²) >= 11 is 6.93. The summed E-state index contributed by atoms with van der Waals surface area (Å²) in [7, 11) is 0. The number of nitrogens with zero attached hydrogens (tertiary/aromatic N) is 1. The van der Waals surface area contributed by atoms with Crippen molar-refractivity contribution in [1.82, 2.24) is 0 Å². The van der Waals surface area contributed by atoms with E-state index in [1.165, 1.54) is 12.1 Å². The van der Waals surface area contributed by atoms with E-state index >= 15 is 4.39 Å². The van der Waals surface area contributed by atoms with E-state index in [0.29, 0.717) is 35.5 Å². The van der Waals surface area contributed by atoms with Crippen LogP contribution in [0.15, 0.2) is 35.4 Å². The molecule has 1 heterocycles. The van der Waals surface area contributed by atoms with Gasteiger partial charge in [-0.25, -0.2) is 14.1 Å². The van der Waals surface area contributed by atoms with Gasteiger partial charge in [-0.05, 0) is 57.2 Å².